The van der Waals surface area contributed by atoms with Gasteiger partial charge in [-0.2, -0.15) is 52.7 Å². The minimum atomic E-state index is -4.86. The quantitative estimate of drug-likeness (QED) is 0.141. The van der Waals surface area contributed by atoms with Gasteiger partial charge in [0.25, 0.3) is 8.45 Å². The second-order valence-corrected chi connectivity index (χ2v) is 14.5. The zero-order valence-electron chi connectivity index (χ0n) is 24.2. The van der Waals surface area contributed by atoms with Crippen molar-refractivity contribution in [3.05, 3.63) is 119 Å². The van der Waals surface area contributed by atoms with E-state index in [2.05, 4.69) is 4.86 Å². The maximum atomic E-state index is 13.6. The van der Waals surface area contributed by atoms with Crippen molar-refractivity contribution in [1.82, 2.24) is 14.1 Å². The van der Waals surface area contributed by atoms with Crippen LogP contribution in [0.1, 0.15) is 22.3 Å². The van der Waals surface area contributed by atoms with Crippen LogP contribution in [-0.2, 0) is 24.7 Å². The fraction of sp³-hybridized carbons (Fsp3) is 0.143. The number of benzene rings is 4. The molecule has 3 unspecified atom stereocenters. The minimum Gasteiger partial charge on any atom is -0.442 e. The van der Waals surface area contributed by atoms with Gasteiger partial charge < -0.3 is 18.7 Å². The van der Waals surface area contributed by atoms with Gasteiger partial charge in [-0.05, 0) is 77.4 Å². The van der Waals surface area contributed by atoms with Crippen LogP contribution in [-0.4, -0.2) is 9.21 Å². The molecule has 4 aromatic rings. The summed E-state index contributed by atoms with van der Waals surface area (Å²) in [4.78, 5) is 14.1. The highest BCUT2D eigenvalue weighted by Gasteiger charge is 2.47. The largest absolute Gasteiger partial charge is 0.442 e. The molecule has 7 nitrogen and oxygen atoms in total. The summed E-state index contributed by atoms with van der Waals surface area (Å²) < 4.78 is 175. The molecule has 268 valence electrons. The zero-order valence-corrected chi connectivity index (χ0v) is 27.0. The highest BCUT2D eigenvalue weighted by molar-refractivity contribution is 7.74. The summed E-state index contributed by atoms with van der Waals surface area (Å²) in [5, 5.41) is 0. The van der Waals surface area contributed by atoms with Crippen molar-refractivity contribution in [2.45, 2.75) is 24.7 Å². The molecule has 4 aromatic carbocycles. The monoisotopic (exact) mass is 781 g/mol. The summed E-state index contributed by atoms with van der Waals surface area (Å²) in [6.45, 7) is 0. The molecule has 22 heteroatoms. The lowest BCUT2D eigenvalue weighted by Gasteiger charge is -2.41. The molecule has 1 saturated heterocycles. The van der Waals surface area contributed by atoms with E-state index in [1.807, 2.05) is 0 Å². The van der Waals surface area contributed by atoms with E-state index >= 15 is 0 Å². The second-order valence-electron chi connectivity index (χ2n) is 9.74. The smallest absolute Gasteiger partial charge is 0.416 e. The number of hydrogen-bond acceptors (Lipinski definition) is 7. The lowest BCUT2D eigenvalue weighted by molar-refractivity contribution is -0.138. The van der Waals surface area contributed by atoms with Crippen LogP contribution in [0.5, 0.6) is 23.0 Å². The number of nitrogens with zero attached hydrogens (tertiary/aromatic N) is 2. The van der Waals surface area contributed by atoms with E-state index in [4.69, 9.17) is 18.7 Å². The van der Waals surface area contributed by atoms with Crippen molar-refractivity contribution in [2.75, 3.05) is 0 Å². The molecule has 1 aliphatic rings. The molecule has 0 radical (unpaired) electrons. The van der Waals surface area contributed by atoms with Crippen LogP contribution in [0, 0.1) is 0 Å². The molecule has 3 atom stereocenters. The molecule has 0 saturated carbocycles. The Balaban J connectivity index is 1.59. The van der Waals surface area contributed by atoms with Crippen LogP contribution in [0.4, 0.5) is 52.7 Å². The van der Waals surface area contributed by atoms with E-state index in [9.17, 15) is 52.7 Å². The molecule has 0 aliphatic carbocycles. The SMILES string of the molecule is FC(F)(F)c1cccc(ON2PNP(Oc3cccc(C(F)(F)F)c3)N(Oc3cccc(C(F)(F)F)c3)P2Oc2cccc(C(F)(F)F)c2)c1. The van der Waals surface area contributed by atoms with Gasteiger partial charge in [0.15, 0.2) is 0 Å². The Kier molecular flexibility index (Phi) is 11.0. The van der Waals surface area contributed by atoms with Gasteiger partial charge in [-0.25, -0.2) is 4.86 Å². The first-order valence-corrected chi connectivity index (χ1v) is 16.7. The predicted octanol–water partition coefficient (Wildman–Crippen LogP) is 11.4. The molecule has 50 heavy (non-hydrogen) atoms. The molecule has 5 rings (SSSR count). The first-order chi connectivity index (χ1) is 23.3. The Bertz CT molecular complexity index is 1660. The molecular weight excluding hydrogens is 763 g/mol. The summed E-state index contributed by atoms with van der Waals surface area (Å²) in [7, 11) is -6.38. The van der Waals surface area contributed by atoms with Crippen LogP contribution in [0.25, 0.3) is 0 Å². The van der Waals surface area contributed by atoms with E-state index in [0.717, 1.165) is 65.3 Å². The predicted molar refractivity (Wildman–Crippen MR) is 157 cm³/mol. The van der Waals surface area contributed by atoms with E-state index in [-0.39, 0.29) is 0 Å². The van der Waals surface area contributed by atoms with E-state index in [1.165, 1.54) is 0 Å². The molecule has 1 aliphatic heterocycles. The molecular formula is C28H18F12N3O4P3. The number of halogens is 12. The summed E-state index contributed by atoms with van der Waals surface area (Å²) in [5.74, 6) is -1.89. The van der Waals surface area contributed by atoms with Crippen molar-refractivity contribution < 1.29 is 71.4 Å². The molecule has 0 aromatic heterocycles. The average molecular weight is 781 g/mol. The lowest BCUT2D eigenvalue weighted by atomic mass is 10.2. The summed E-state index contributed by atoms with van der Waals surface area (Å²) in [6, 6.07) is 13.5. The number of rotatable bonds is 8. The second kappa shape index (κ2) is 14.6. The summed E-state index contributed by atoms with van der Waals surface area (Å²) in [6.07, 6.45) is -19.3. The fourth-order valence-electron chi connectivity index (χ4n) is 3.87. The topological polar surface area (TPSA) is 55.4 Å². The van der Waals surface area contributed by atoms with Crippen LogP contribution in [0.2, 0.25) is 0 Å². The molecule has 0 spiro atoms. The van der Waals surface area contributed by atoms with E-state index in [1.54, 1.807) is 0 Å². The Hall–Kier alpha value is -3.59. The third-order valence-electron chi connectivity index (χ3n) is 6.10. The molecule has 1 fully saturated rings. The Morgan fingerprint density at radius 1 is 0.480 bits per heavy atom. The van der Waals surface area contributed by atoms with E-state index in [0.29, 0.717) is 41.0 Å². The standard InChI is InChI=1S/C28H18F12N3O4P3/c29-25(30,31)17-5-1-9-21(13-17)44-42-48-41-49(46-23-11-3-7-19(15-23)27(35,36)37)43(45-22-10-2-6-18(14-22)26(32,33)34)50(42)47-24-12-4-8-20(16-24)28(38,39)40/h1-16,41,48H. The summed E-state index contributed by atoms with van der Waals surface area (Å²) >= 11 is 0. The number of alkyl halides is 12. The van der Waals surface area contributed by atoms with Gasteiger partial charge in [0.05, 0.1) is 31.1 Å². The van der Waals surface area contributed by atoms with Gasteiger partial charge >= 0.3 is 33.2 Å². The normalized spacial score (nSPS) is 18.6. The van der Waals surface area contributed by atoms with Crippen molar-refractivity contribution in [2.24, 2.45) is 0 Å². The number of hydrogen-bond donors (Lipinski definition) is 1. The molecule has 0 amide bonds. The van der Waals surface area contributed by atoms with Gasteiger partial charge in [0, 0.05) is 4.60 Å². The average Bonchev–Trinajstić information content (AvgIpc) is 3.03. The molecule has 1 heterocycles. The highest BCUT2D eigenvalue weighted by Crippen LogP contribution is 2.66. The van der Waals surface area contributed by atoms with Gasteiger partial charge in [0.1, 0.15) is 23.0 Å². The van der Waals surface area contributed by atoms with E-state index < -0.39 is 95.7 Å². The van der Waals surface area contributed by atoms with Crippen LogP contribution in [0.3, 0.4) is 0 Å². The van der Waals surface area contributed by atoms with Crippen molar-refractivity contribution in [3.63, 3.8) is 0 Å². The first kappa shape index (κ1) is 37.7. The van der Waals surface area contributed by atoms with Crippen LogP contribution >= 0.6 is 25.8 Å². The van der Waals surface area contributed by atoms with Gasteiger partial charge in [-0.3, -0.25) is 0 Å². The Morgan fingerprint density at radius 2 is 0.840 bits per heavy atom. The van der Waals surface area contributed by atoms with Crippen molar-refractivity contribution in [3.8, 4) is 23.0 Å². The van der Waals surface area contributed by atoms with Crippen molar-refractivity contribution in [1.29, 1.82) is 0 Å². The van der Waals surface area contributed by atoms with Crippen molar-refractivity contribution >= 4 is 25.8 Å². The van der Waals surface area contributed by atoms with Crippen LogP contribution in [0.15, 0.2) is 97.1 Å². The Morgan fingerprint density at radius 3 is 1.26 bits per heavy atom. The molecule has 1 N–H and O–H groups in total. The minimum absolute atomic E-state index is 0.415. The maximum absolute atomic E-state index is 13.6. The zero-order chi connectivity index (χ0) is 36.5. The fourth-order valence-corrected chi connectivity index (χ4v) is 9.43. The van der Waals surface area contributed by atoms with Gasteiger partial charge in [-0.1, -0.05) is 24.3 Å². The first-order valence-electron chi connectivity index (χ1n) is 13.4. The van der Waals surface area contributed by atoms with Crippen LogP contribution < -0.4 is 23.6 Å². The maximum Gasteiger partial charge on any atom is 0.416 e. The third kappa shape index (κ3) is 9.59. The summed E-state index contributed by atoms with van der Waals surface area (Å²) in [5.41, 5.74) is -4.64. The molecule has 0 bridgehead atoms. The lowest BCUT2D eigenvalue weighted by Crippen LogP contribution is -2.37. The van der Waals surface area contributed by atoms with Gasteiger partial charge in [-0.15, -0.1) is 0 Å². The Labute approximate surface area is 278 Å². The third-order valence-corrected chi connectivity index (χ3v) is 11.2. The van der Waals surface area contributed by atoms with Gasteiger partial charge in [0.2, 0.25) is 0 Å². The number of nitrogens with one attached hydrogen (secondary N) is 1. The highest BCUT2D eigenvalue weighted by atomic mass is 31.3.